The van der Waals surface area contributed by atoms with Crippen molar-refractivity contribution in [1.82, 2.24) is 0 Å². The van der Waals surface area contributed by atoms with Crippen molar-refractivity contribution in [2.75, 3.05) is 26.4 Å². The summed E-state index contributed by atoms with van der Waals surface area (Å²) in [7, 11) is -4.38. The molecular formula is C56H110NO8P. The van der Waals surface area contributed by atoms with Gasteiger partial charge in [-0.1, -0.05) is 270 Å². The van der Waals surface area contributed by atoms with Gasteiger partial charge >= 0.3 is 19.8 Å². The number of carbonyl (C=O) groups is 2. The summed E-state index contributed by atoms with van der Waals surface area (Å²) in [6.07, 6.45) is 60.4. The number of phosphoric ester groups is 1. The lowest BCUT2D eigenvalue weighted by Gasteiger charge is -2.19. The Hall–Kier alpha value is -1.25. The molecule has 0 saturated carbocycles. The molecule has 0 aliphatic rings. The second-order valence-electron chi connectivity index (χ2n) is 19.5. The van der Waals surface area contributed by atoms with Gasteiger partial charge in [0.1, 0.15) is 6.61 Å². The fourth-order valence-corrected chi connectivity index (χ4v) is 9.41. The number of unbranched alkanes of at least 4 members (excludes halogenated alkanes) is 40. The lowest BCUT2D eigenvalue weighted by atomic mass is 10.0. The zero-order valence-electron chi connectivity index (χ0n) is 43.7. The quantitative estimate of drug-likeness (QED) is 0.0264. The van der Waals surface area contributed by atoms with Crippen molar-refractivity contribution < 1.29 is 37.6 Å². The molecule has 0 amide bonds. The van der Waals surface area contributed by atoms with Gasteiger partial charge in [-0.05, 0) is 32.1 Å². The summed E-state index contributed by atoms with van der Waals surface area (Å²) in [5.74, 6) is -0.826. The van der Waals surface area contributed by atoms with Gasteiger partial charge < -0.3 is 20.1 Å². The maximum atomic E-state index is 12.6. The maximum absolute atomic E-state index is 12.6. The van der Waals surface area contributed by atoms with Gasteiger partial charge in [-0.25, -0.2) is 4.57 Å². The van der Waals surface area contributed by atoms with Gasteiger partial charge in [0.15, 0.2) is 6.10 Å². The minimum atomic E-state index is -4.38. The Labute approximate surface area is 409 Å². The Kier molecular flexibility index (Phi) is 52.1. The Morgan fingerprint density at radius 2 is 0.773 bits per heavy atom. The van der Waals surface area contributed by atoms with Crippen LogP contribution in [0.2, 0.25) is 0 Å². The Balaban J connectivity index is 3.69. The third kappa shape index (κ3) is 52.1. The van der Waals surface area contributed by atoms with E-state index in [1.54, 1.807) is 0 Å². The largest absolute Gasteiger partial charge is 0.472 e. The molecular weight excluding hydrogens is 846 g/mol. The summed E-state index contributed by atoms with van der Waals surface area (Å²) in [6.45, 7) is 3.71. The Bertz CT molecular complexity index is 1090. The molecule has 9 nitrogen and oxygen atoms in total. The molecule has 392 valence electrons. The highest BCUT2D eigenvalue weighted by Crippen LogP contribution is 2.43. The van der Waals surface area contributed by atoms with Crippen LogP contribution in [0.3, 0.4) is 0 Å². The van der Waals surface area contributed by atoms with Crippen LogP contribution in [-0.4, -0.2) is 49.3 Å². The molecule has 0 spiro atoms. The van der Waals surface area contributed by atoms with Crippen molar-refractivity contribution in [1.29, 1.82) is 0 Å². The first-order chi connectivity index (χ1) is 32.3. The third-order valence-corrected chi connectivity index (χ3v) is 13.9. The SMILES string of the molecule is CCC/C=C\CCCCCCCC(=O)OC(COC(=O)CCCCCCCCCCCCCCCCCCCCCCCCCCCCCCCCCCCCC)COP(=O)(O)OCCN. The van der Waals surface area contributed by atoms with E-state index in [1.165, 1.54) is 212 Å². The second kappa shape index (κ2) is 53.1. The molecule has 0 fully saturated rings. The number of nitrogens with two attached hydrogens (primary N) is 1. The summed E-state index contributed by atoms with van der Waals surface area (Å²) >= 11 is 0. The van der Waals surface area contributed by atoms with Crippen molar-refractivity contribution in [3.63, 3.8) is 0 Å². The van der Waals surface area contributed by atoms with Crippen LogP contribution in [0.25, 0.3) is 0 Å². The molecule has 10 heteroatoms. The summed E-state index contributed by atoms with van der Waals surface area (Å²) in [5, 5.41) is 0. The van der Waals surface area contributed by atoms with Crippen molar-refractivity contribution in [3.05, 3.63) is 12.2 Å². The monoisotopic (exact) mass is 956 g/mol. The van der Waals surface area contributed by atoms with Crippen LogP contribution in [-0.2, 0) is 32.7 Å². The van der Waals surface area contributed by atoms with Crippen LogP contribution in [0, 0.1) is 0 Å². The molecule has 0 aliphatic heterocycles. The van der Waals surface area contributed by atoms with Crippen molar-refractivity contribution in [2.45, 2.75) is 309 Å². The van der Waals surface area contributed by atoms with Crippen LogP contribution < -0.4 is 5.73 Å². The molecule has 3 N–H and O–H groups in total. The zero-order chi connectivity index (χ0) is 48.1. The van der Waals surface area contributed by atoms with E-state index in [1.807, 2.05) is 0 Å². The van der Waals surface area contributed by atoms with Gasteiger partial charge in [0.05, 0.1) is 13.2 Å². The molecule has 0 radical (unpaired) electrons. The highest BCUT2D eigenvalue weighted by Gasteiger charge is 2.26. The van der Waals surface area contributed by atoms with Gasteiger partial charge in [-0.2, -0.15) is 0 Å². The first-order valence-electron chi connectivity index (χ1n) is 28.7. The van der Waals surface area contributed by atoms with Gasteiger partial charge in [0.2, 0.25) is 0 Å². The summed E-state index contributed by atoms with van der Waals surface area (Å²) < 4.78 is 32.8. The maximum Gasteiger partial charge on any atom is 0.472 e. The van der Waals surface area contributed by atoms with Crippen LogP contribution in [0.1, 0.15) is 303 Å². The first kappa shape index (κ1) is 64.8. The molecule has 0 heterocycles. The van der Waals surface area contributed by atoms with E-state index in [2.05, 4.69) is 26.0 Å². The molecule has 66 heavy (non-hydrogen) atoms. The lowest BCUT2D eigenvalue weighted by Crippen LogP contribution is -2.29. The molecule has 0 saturated heterocycles. The molecule has 0 aromatic heterocycles. The normalized spacial score (nSPS) is 13.1. The molecule has 0 aromatic rings. The average molecular weight is 956 g/mol. The van der Waals surface area contributed by atoms with E-state index in [-0.39, 0.29) is 38.6 Å². The van der Waals surface area contributed by atoms with Gasteiger partial charge in [-0.3, -0.25) is 18.6 Å². The number of ether oxygens (including phenoxy) is 2. The molecule has 0 rings (SSSR count). The standard InChI is InChI=1S/C56H110NO8P/c1-3-5-7-9-11-13-15-16-17-18-19-20-21-22-23-24-25-26-27-28-29-30-31-32-33-34-35-36-37-38-39-41-42-44-46-48-55(58)62-52-54(53-64-66(60,61)63-51-50-57)65-56(59)49-47-45-43-40-14-12-10-8-6-4-2/h8,10,54H,3-7,9,11-53,57H2,1-2H3,(H,60,61)/b10-8-. The number of carbonyl (C=O) groups excluding carboxylic acids is 2. The fraction of sp³-hybridized carbons (Fsp3) is 0.929. The minimum absolute atomic E-state index is 0.0548. The van der Waals surface area contributed by atoms with Gasteiger partial charge in [0, 0.05) is 19.4 Å². The fourth-order valence-electron chi connectivity index (χ4n) is 8.64. The Morgan fingerprint density at radius 1 is 0.439 bits per heavy atom. The predicted molar refractivity (Wildman–Crippen MR) is 280 cm³/mol. The molecule has 0 bridgehead atoms. The van der Waals surface area contributed by atoms with Crippen molar-refractivity contribution in [2.24, 2.45) is 5.73 Å². The van der Waals surface area contributed by atoms with Crippen LogP contribution in [0.4, 0.5) is 0 Å². The topological polar surface area (TPSA) is 134 Å². The number of rotatable bonds is 55. The number of phosphoric acid groups is 1. The Morgan fingerprint density at radius 3 is 1.14 bits per heavy atom. The lowest BCUT2D eigenvalue weighted by molar-refractivity contribution is -0.161. The van der Waals surface area contributed by atoms with E-state index < -0.39 is 26.5 Å². The third-order valence-electron chi connectivity index (χ3n) is 12.9. The summed E-state index contributed by atoms with van der Waals surface area (Å²) in [4.78, 5) is 34.9. The van der Waals surface area contributed by atoms with E-state index in [0.717, 1.165) is 57.8 Å². The summed E-state index contributed by atoms with van der Waals surface area (Å²) in [5.41, 5.74) is 5.36. The number of allylic oxidation sites excluding steroid dienone is 2. The number of esters is 2. The first-order valence-corrected chi connectivity index (χ1v) is 30.2. The molecule has 0 aliphatic carbocycles. The van der Waals surface area contributed by atoms with E-state index in [9.17, 15) is 19.0 Å². The van der Waals surface area contributed by atoms with E-state index in [0.29, 0.717) is 6.42 Å². The predicted octanol–water partition coefficient (Wildman–Crippen LogP) is 17.7. The van der Waals surface area contributed by atoms with Crippen molar-refractivity contribution >= 4 is 19.8 Å². The van der Waals surface area contributed by atoms with Crippen LogP contribution in [0.5, 0.6) is 0 Å². The average Bonchev–Trinajstić information content (AvgIpc) is 3.31. The van der Waals surface area contributed by atoms with Gasteiger partial charge in [0.25, 0.3) is 0 Å². The zero-order valence-corrected chi connectivity index (χ0v) is 44.6. The second-order valence-corrected chi connectivity index (χ2v) is 21.0. The molecule has 2 unspecified atom stereocenters. The number of hydrogen-bond donors (Lipinski definition) is 2. The van der Waals surface area contributed by atoms with Crippen molar-refractivity contribution in [3.8, 4) is 0 Å². The summed E-state index contributed by atoms with van der Waals surface area (Å²) in [6, 6.07) is 0. The smallest absolute Gasteiger partial charge is 0.462 e. The van der Waals surface area contributed by atoms with E-state index >= 15 is 0 Å². The van der Waals surface area contributed by atoms with Crippen LogP contribution >= 0.6 is 7.82 Å². The number of hydrogen-bond acceptors (Lipinski definition) is 8. The van der Waals surface area contributed by atoms with E-state index in [4.69, 9.17) is 24.3 Å². The highest BCUT2D eigenvalue weighted by atomic mass is 31.2. The van der Waals surface area contributed by atoms with Crippen LogP contribution in [0.15, 0.2) is 12.2 Å². The molecule has 2 atom stereocenters. The molecule has 0 aromatic carbocycles. The highest BCUT2D eigenvalue weighted by molar-refractivity contribution is 7.47. The minimum Gasteiger partial charge on any atom is -0.462 e. The van der Waals surface area contributed by atoms with Gasteiger partial charge in [-0.15, -0.1) is 0 Å².